The number of hydrogen-bond acceptors (Lipinski definition) is 3. The predicted octanol–water partition coefficient (Wildman–Crippen LogP) is 2.85. The van der Waals surface area contributed by atoms with E-state index in [0.717, 1.165) is 5.39 Å². The van der Waals surface area contributed by atoms with Gasteiger partial charge in [-0.2, -0.15) is 0 Å². The lowest BCUT2D eigenvalue weighted by Gasteiger charge is -2.19. The van der Waals surface area contributed by atoms with Crippen LogP contribution in [-0.4, -0.2) is 31.0 Å². The monoisotopic (exact) mass is 367 g/mol. The zero-order valence-electron chi connectivity index (χ0n) is 15.2. The first-order valence-corrected chi connectivity index (χ1v) is 8.88. The number of para-hydroxylation sites is 1. The highest BCUT2D eigenvalue weighted by molar-refractivity contribution is 5.83. The second-order valence-corrected chi connectivity index (χ2v) is 6.46. The Labute approximate surface area is 156 Å². The van der Waals surface area contributed by atoms with Gasteiger partial charge in [0.25, 0.3) is 5.56 Å². The molecular formula is C21H22FN3O2. The van der Waals surface area contributed by atoms with E-state index in [4.69, 9.17) is 0 Å². The molecule has 0 saturated heterocycles. The number of aromatic amines is 1. The van der Waals surface area contributed by atoms with E-state index in [2.05, 4.69) is 10.3 Å². The van der Waals surface area contributed by atoms with E-state index < -0.39 is 0 Å². The summed E-state index contributed by atoms with van der Waals surface area (Å²) in [6.07, 6.45) is 0.800. The molecule has 0 bridgehead atoms. The Morgan fingerprint density at radius 1 is 1.15 bits per heavy atom. The van der Waals surface area contributed by atoms with E-state index >= 15 is 0 Å². The molecule has 0 unspecified atom stereocenters. The summed E-state index contributed by atoms with van der Waals surface area (Å²) in [4.78, 5) is 28.8. The summed E-state index contributed by atoms with van der Waals surface area (Å²) in [5.41, 5.74) is 0.930. The molecule has 5 nitrogen and oxygen atoms in total. The Morgan fingerprint density at radius 3 is 2.70 bits per heavy atom. The number of aromatic nitrogens is 1. The van der Waals surface area contributed by atoms with Crippen molar-refractivity contribution in [1.29, 1.82) is 0 Å². The zero-order valence-corrected chi connectivity index (χ0v) is 15.2. The zero-order chi connectivity index (χ0) is 19.2. The number of amides is 1. The highest BCUT2D eigenvalue weighted by Gasteiger charge is 2.08. The molecule has 1 amide bonds. The summed E-state index contributed by atoms with van der Waals surface area (Å²) in [6.45, 7) is 1.10. The van der Waals surface area contributed by atoms with Crippen LogP contribution in [0, 0.1) is 5.82 Å². The fourth-order valence-electron chi connectivity index (χ4n) is 3.02. The van der Waals surface area contributed by atoms with Gasteiger partial charge >= 0.3 is 0 Å². The number of pyridine rings is 1. The van der Waals surface area contributed by atoms with Gasteiger partial charge in [-0.05, 0) is 36.1 Å². The molecule has 140 valence electrons. The SMILES string of the molecule is CN(CCCNC(=O)Cc1cc2ccccc2c(=O)[nH]1)c1ccccc1F. The van der Waals surface area contributed by atoms with Gasteiger partial charge in [-0.1, -0.05) is 30.3 Å². The van der Waals surface area contributed by atoms with Gasteiger partial charge in [0.2, 0.25) is 5.91 Å². The molecule has 3 rings (SSSR count). The van der Waals surface area contributed by atoms with E-state index in [1.54, 1.807) is 24.3 Å². The van der Waals surface area contributed by atoms with Gasteiger partial charge in [-0.3, -0.25) is 9.59 Å². The number of carbonyl (C=O) groups excluding carboxylic acids is 1. The van der Waals surface area contributed by atoms with Crippen molar-refractivity contribution in [3.63, 3.8) is 0 Å². The first-order valence-electron chi connectivity index (χ1n) is 8.88. The molecule has 27 heavy (non-hydrogen) atoms. The molecule has 1 aromatic heterocycles. The molecule has 3 aromatic rings. The largest absolute Gasteiger partial charge is 0.372 e. The van der Waals surface area contributed by atoms with Crippen LogP contribution in [0.2, 0.25) is 0 Å². The second-order valence-electron chi connectivity index (χ2n) is 6.46. The van der Waals surface area contributed by atoms with Gasteiger partial charge < -0.3 is 15.2 Å². The normalized spacial score (nSPS) is 10.7. The van der Waals surface area contributed by atoms with Crippen LogP contribution in [0.5, 0.6) is 0 Å². The predicted molar refractivity (Wildman–Crippen MR) is 106 cm³/mol. The third-order valence-electron chi connectivity index (χ3n) is 4.42. The Morgan fingerprint density at radius 2 is 1.89 bits per heavy atom. The Bertz CT molecular complexity index is 1000. The molecule has 2 N–H and O–H groups in total. The van der Waals surface area contributed by atoms with Crippen molar-refractivity contribution in [3.05, 3.63) is 76.5 Å². The van der Waals surface area contributed by atoms with Crippen molar-refractivity contribution < 1.29 is 9.18 Å². The number of benzene rings is 2. The number of halogens is 1. The minimum atomic E-state index is -0.260. The van der Waals surface area contributed by atoms with Gasteiger partial charge in [0.1, 0.15) is 5.82 Å². The number of anilines is 1. The molecule has 0 saturated carbocycles. The highest BCUT2D eigenvalue weighted by Crippen LogP contribution is 2.16. The first kappa shape index (κ1) is 18.6. The third-order valence-corrected chi connectivity index (χ3v) is 4.42. The summed E-state index contributed by atoms with van der Waals surface area (Å²) in [5, 5.41) is 4.26. The minimum absolute atomic E-state index is 0.114. The summed E-state index contributed by atoms with van der Waals surface area (Å²) >= 11 is 0. The Balaban J connectivity index is 1.49. The van der Waals surface area contributed by atoms with Gasteiger partial charge in [-0.15, -0.1) is 0 Å². The molecule has 0 aliphatic carbocycles. The molecule has 6 heteroatoms. The number of hydrogen-bond donors (Lipinski definition) is 2. The molecule has 0 aliphatic heterocycles. The van der Waals surface area contributed by atoms with Gasteiger partial charge in [0.05, 0.1) is 12.1 Å². The molecule has 0 spiro atoms. The van der Waals surface area contributed by atoms with E-state index in [-0.39, 0.29) is 23.7 Å². The van der Waals surface area contributed by atoms with E-state index in [9.17, 15) is 14.0 Å². The van der Waals surface area contributed by atoms with Crippen LogP contribution in [-0.2, 0) is 11.2 Å². The lowest BCUT2D eigenvalue weighted by atomic mass is 10.1. The fraction of sp³-hybridized carbons (Fsp3) is 0.238. The van der Waals surface area contributed by atoms with E-state index in [0.29, 0.717) is 36.3 Å². The number of fused-ring (bicyclic) bond motifs is 1. The van der Waals surface area contributed by atoms with Crippen molar-refractivity contribution in [3.8, 4) is 0 Å². The van der Waals surface area contributed by atoms with Crippen molar-refractivity contribution in [1.82, 2.24) is 10.3 Å². The molecule has 1 heterocycles. The second kappa shape index (κ2) is 8.49. The standard InChI is InChI=1S/C21H22FN3O2/c1-25(19-10-5-4-9-18(19)22)12-6-11-23-20(26)14-16-13-15-7-2-3-8-17(15)21(27)24-16/h2-5,7-10,13H,6,11-12,14H2,1H3,(H,23,26)(H,24,27). The van der Waals surface area contributed by atoms with Crippen LogP contribution < -0.4 is 15.8 Å². The summed E-state index contributed by atoms with van der Waals surface area (Å²) < 4.78 is 13.7. The average Bonchev–Trinajstić information content (AvgIpc) is 2.65. The average molecular weight is 367 g/mol. The molecule has 0 radical (unpaired) electrons. The van der Waals surface area contributed by atoms with Crippen LogP contribution in [0.4, 0.5) is 10.1 Å². The number of nitrogens with one attached hydrogen (secondary N) is 2. The lowest BCUT2D eigenvalue weighted by Crippen LogP contribution is -2.30. The van der Waals surface area contributed by atoms with Gasteiger partial charge in [0, 0.05) is 31.2 Å². The molecule has 0 aliphatic rings. The van der Waals surface area contributed by atoms with Crippen LogP contribution in [0.15, 0.2) is 59.4 Å². The Hall–Kier alpha value is -3.15. The van der Waals surface area contributed by atoms with Crippen molar-refractivity contribution in [2.24, 2.45) is 0 Å². The molecule has 2 aromatic carbocycles. The number of H-pyrrole nitrogens is 1. The maximum Gasteiger partial charge on any atom is 0.256 e. The van der Waals surface area contributed by atoms with Crippen molar-refractivity contribution in [2.45, 2.75) is 12.8 Å². The molecule has 0 atom stereocenters. The van der Waals surface area contributed by atoms with Crippen molar-refractivity contribution >= 4 is 22.4 Å². The summed E-state index contributed by atoms with van der Waals surface area (Å²) in [7, 11) is 1.82. The van der Waals surface area contributed by atoms with E-state index in [1.165, 1.54) is 6.07 Å². The number of nitrogens with zero attached hydrogens (tertiary/aromatic N) is 1. The van der Waals surface area contributed by atoms with Gasteiger partial charge in [0.15, 0.2) is 0 Å². The summed E-state index contributed by atoms with van der Waals surface area (Å²) in [6, 6.07) is 15.7. The quantitative estimate of drug-likeness (QED) is 0.631. The smallest absolute Gasteiger partial charge is 0.256 e. The van der Waals surface area contributed by atoms with Crippen LogP contribution >= 0.6 is 0 Å². The molecule has 0 fully saturated rings. The third kappa shape index (κ3) is 4.73. The fourth-order valence-corrected chi connectivity index (χ4v) is 3.02. The maximum absolute atomic E-state index is 13.7. The topological polar surface area (TPSA) is 65.2 Å². The van der Waals surface area contributed by atoms with Crippen molar-refractivity contribution in [2.75, 3.05) is 25.0 Å². The molecular weight excluding hydrogens is 345 g/mol. The lowest BCUT2D eigenvalue weighted by molar-refractivity contribution is -0.120. The summed E-state index contributed by atoms with van der Waals surface area (Å²) in [5.74, 6) is -0.418. The maximum atomic E-state index is 13.7. The van der Waals surface area contributed by atoms with Crippen LogP contribution in [0.1, 0.15) is 12.1 Å². The highest BCUT2D eigenvalue weighted by atomic mass is 19.1. The van der Waals surface area contributed by atoms with E-state index in [1.807, 2.05) is 36.2 Å². The van der Waals surface area contributed by atoms with Crippen LogP contribution in [0.3, 0.4) is 0 Å². The van der Waals surface area contributed by atoms with Gasteiger partial charge in [-0.25, -0.2) is 4.39 Å². The first-order chi connectivity index (χ1) is 13.0. The Kier molecular flexibility index (Phi) is 5.86. The number of rotatable bonds is 7. The minimum Gasteiger partial charge on any atom is -0.372 e. The van der Waals surface area contributed by atoms with Crippen LogP contribution in [0.25, 0.3) is 10.8 Å². The number of carbonyl (C=O) groups is 1.